The first kappa shape index (κ1) is 12.7. The van der Waals surface area contributed by atoms with Crippen LogP contribution in [0.5, 0.6) is 0 Å². The van der Waals surface area contributed by atoms with Gasteiger partial charge in [0.1, 0.15) is 5.76 Å². The summed E-state index contributed by atoms with van der Waals surface area (Å²) in [6, 6.07) is 5.22. The fourth-order valence-corrected chi connectivity index (χ4v) is 2.85. The maximum absolute atomic E-state index is 5.61. The Morgan fingerprint density at radius 3 is 2.94 bits per heavy atom. The summed E-state index contributed by atoms with van der Waals surface area (Å²) in [7, 11) is 0. The van der Waals surface area contributed by atoms with Gasteiger partial charge in [-0.15, -0.1) is 0 Å². The van der Waals surface area contributed by atoms with Crippen molar-refractivity contribution in [2.45, 2.75) is 45.2 Å². The number of hydrogen-bond acceptors (Lipinski definition) is 3. The molecule has 17 heavy (non-hydrogen) atoms. The standard InChI is InChI=1S/C14H24N2O/c1-3-9-16(12-7-8-15-11-12)13(4-2)14-6-5-10-17-14/h5-6,10,12-13,15H,3-4,7-9,11H2,1-2H3. The predicted octanol–water partition coefficient (Wildman–Crippen LogP) is 2.80. The smallest absolute Gasteiger partial charge is 0.120 e. The van der Waals surface area contributed by atoms with Crippen LogP contribution in [0.25, 0.3) is 0 Å². The molecule has 1 N–H and O–H groups in total. The molecule has 0 aromatic carbocycles. The summed E-state index contributed by atoms with van der Waals surface area (Å²) in [4.78, 5) is 2.62. The highest BCUT2D eigenvalue weighted by Crippen LogP contribution is 2.28. The molecule has 3 heteroatoms. The van der Waals surface area contributed by atoms with Gasteiger partial charge in [0, 0.05) is 12.6 Å². The van der Waals surface area contributed by atoms with Crippen molar-refractivity contribution in [3.63, 3.8) is 0 Å². The van der Waals surface area contributed by atoms with Crippen molar-refractivity contribution in [1.82, 2.24) is 10.2 Å². The molecule has 1 aliphatic heterocycles. The average molecular weight is 236 g/mol. The number of nitrogens with one attached hydrogen (secondary N) is 1. The SMILES string of the molecule is CCCN(C1CCNC1)C(CC)c1ccco1. The summed E-state index contributed by atoms with van der Waals surface area (Å²) >= 11 is 0. The zero-order valence-corrected chi connectivity index (χ0v) is 11.0. The Morgan fingerprint density at radius 1 is 1.53 bits per heavy atom. The molecule has 0 spiro atoms. The van der Waals surface area contributed by atoms with E-state index < -0.39 is 0 Å². The van der Waals surface area contributed by atoms with Crippen molar-refractivity contribution in [3.05, 3.63) is 24.2 Å². The quantitative estimate of drug-likeness (QED) is 0.823. The lowest BCUT2D eigenvalue weighted by atomic mass is 10.1. The number of hydrogen-bond donors (Lipinski definition) is 1. The minimum Gasteiger partial charge on any atom is -0.468 e. The third kappa shape index (κ3) is 2.90. The first-order valence-corrected chi connectivity index (χ1v) is 6.86. The van der Waals surface area contributed by atoms with Gasteiger partial charge in [0.05, 0.1) is 12.3 Å². The summed E-state index contributed by atoms with van der Waals surface area (Å²) in [5.41, 5.74) is 0. The van der Waals surface area contributed by atoms with Gasteiger partial charge in [-0.2, -0.15) is 0 Å². The number of furan rings is 1. The number of nitrogens with zero attached hydrogens (tertiary/aromatic N) is 1. The van der Waals surface area contributed by atoms with Crippen LogP contribution in [0.4, 0.5) is 0 Å². The van der Waals surface area contributed by atoms with E-state index in [1.807, 2.05) is 6.07 Å². The Hall–Kier alpha value is -0.800. The molecule has 1 fully saturated rings. The maximum atomic E-state index is 5.61. The summed E-state index contributed by atoms with van der Waals surface area (Å²) in [6.45, 7) is 7.94. The van der Waals surface area contributed by atoms with Gasteiger partial charge < -0.3 is 9.73 Å². The van der Waals surface area contributed by atoms with Crippen LogP contribution in [0.1, 0.15) is 44.9 Å². The molecule has 0 amide bonds. The van der Waals surface area contributed by atoms with Crippen molar-refractivity contribution in [2.75, 3.05) is 19.6 Å². The molecule has 1 aliphatic rings. The monoisotopic (exact) mass is 236 g/mol. The Balaban J connectivity index is 2.11. The van der Waals surface area contributed by atoms with Crippen molar-refractivity contribution >= 4 is 0 Å². The lowest BCUT2D eigenvalue weighted by Gasteiger charge is -2.34. The normalized spacial score (nSPS) is 22.2. The van der Waals surface area contributed by atoms with Crippen LogP contribution in [-0.4, -0.2) is 30.6 Å². The molecule has 0 radical (unpaired) electrons. The van der Waals surface area contributed by atoms with Crippen molar-refractivity contribution in [1.29, 1.82) is 0 Å². The molecular formula is C14H24N2O. The molecule has 96 valence electrons. The van der Waals surface area contributed by atoms with E-state index in [0.29, 0.717) is 12.1 Å². The van der Waals surface area contributed by atoms with E-state index in [4.69, 9.17) is 4.42 Å². The van der Waals surface area contributed by atoms with E-state index in [-0.39, 0.29) is 0 Å². The first-order valence-electron chi connectivity index (χ1n) is 6.86. The summed E-state index contributed by atoms with van der Waals surface area (Å²) in [6.07, 6.45) is 5.37. The minimum atomic E-state index is 0.440. The van der Waals surface area contributed by atoms with Gasteiger partial charge in [0.25, 0.3) is 0 Å². The molecule has 0 saturated carbocycles. The largest absolute Gasteiger partial charge is 0.468 e. The van der Waals surface area contributed by atoms with Crippen LogP contribution >= 0.6 is 0 Å². The average Bonchev–Trinajstić information content (AvgIpc) is 3.02. The van der Waals surface area contributed by atoms with E-state index in [1.165, 1.54) is 12.8 Å². The molecule has 2 heterocycles. The molecule has 1 aromatic rings. The molecule has 0 aliphatic carbocycles. The van der Waals surface area contributed by atoms with Crippen LogP contribution in [0.15, 0.2) is 22.8 Å². The van der Waals surface area contributed by atoms with Crippen molar-refractivity contribution in [2.24, 2.45) is 0 Å². The molecule has 2 rings (SSSR count). The first-order chi connectivity index (χ1) is 8.36. The highest BCUT2D eigenvalue weighted by Gasteiger charge is 2.29. The van der Waals surface area contributed by atoms with Gasteiger partial charge in [-0.3, -0.25) is 4.90 Å². The van der Waals surface area contributed by atoms with Crippen molar-refractivity contribution in [3.8, 4) is 0 Å². The minimum absolute atomic E-state index is 0.440. The van der Waals surface area contributed by atoms with Crippen LogP contribution in [0.3, 0.4) is 0 Å². The van der Waals surface area contributed by atoms with E-state index in [2.05, 4.69) is 30.1 Å². The second kappa shape index (κ2) is 6.22. The zero-order chi connectivity index (χ0) is 12.1. The topological polar surface area (TPSA) is 28.4 Å². The van der Waals surface area contributed by atoms with Crippen LogP contribution in [0, 0.1) is 0 Å². The lowest BCUT2D eigenvalue weighted by molar-refractivity contribution is 0.122. The molecular weight excluding hydrogens is 212 g/mol. The van der Waals surface area contributed by atoms with E-state index >= 15 is 0 Å². The molecule has 1 aromatic heterocycles. The third-order valence-electron chi connectivity index (χ3n) is 3.64. The highest BCUT2D eigenvalue weighted by atomic mass is 16.3. The van der Waals surface area contributed by atoms with Gasteiger partial charge in [-0.25, -0.2) is 0 Å². The van der Waals surface area contributed by atoms with Crippen LogP contribution in [-0.2, 0) is 0 Å². The molecule has 3 nitrogen and oxygen atoms in total. The van der Waals surface area contributed by atoms with Crippen LogP contribution < -0.4 is 5.32 Å². The third-order valence-corrected chi connectivity index (χ3v) is 3.64. The van der Waals surface area contributed by atoms with Gasteiger partial charge in [-0.1, -0.05) is 13.8 Å². The highest BCUT2D eigenvalue weighted by molar-refractivity contribution is 5.05. The molecule has 1 saturated heterocycles. The zero-order valence-electron chi connectivity index (χ0n) is 11.0. The van der Waals surface area contributed by atoms with E-state index in [0.717, 1.165) is 31.8 Å². The summed E-state index contributed by atoms with van der Waals surface area (Å²) < 4.78 is 5.61. The molecule has 2 atom stereocenters. The Bertz CT molecular complexity index is 304. The van der Waals surface area contributed by atoms with E-state index in [9.17, 15) is 0 Å². The predicted molar refractivity (Wildman–Crippen MR) is 70.0 cm³/mol. The Kier molecular flexibility index (Phi) is 4.63. The fourth-order valence-electron chi connectivity index (χ4n) is 2.85. The number of rotatable bonds is 6. The van der Waals surface area contributed by atoms with E-state index in [1.54, 1.807) is 6.26 Å². The Morgan fingerprint density at radius 2 is 2.41 bits per heavy atom. The fraction of sp³-hybridized carbons (Fsp3) is 0.714. The van der Waals surface area contributed by atoms with Gasteiger partial charge >= 0.3 is 0 Å². The molecule has 0 bridgehead atoms. The molecule has 2 unspecified atom stereocenters. The van der Waals surface area contributed by atoms with Crippen LogP contribution in [0.2, 0.25) is 0 Å². The summed E-state index contributed by atoms with van der Waals surface area (Å²) in [5, 5.41) is 3.46. The Labute approximate surface area is 104 Å². The lowest BCUT2D eigenvalue weighted by Crippen LogP contribution is -2.40. The second-order valence-corrected chi connectivity index (χ2v) is 4.82. The summed E-state index contributed by atoms with van der Waals surface area (Å²) in [5.74, 6) is 1.12. The van der Waals surface area contributed by atoms with Crippen molar-refractivity contribution < 1.29 is 4.42 Å². The van der Waals surface area contributed by atoms with Gasteiger partial charge in [-0.05, 0) is 44.5 Å². The maximum Gasteiger partial charge on any atom is 0.120 e. The van der Waals surface area contributed by atoms with Gasteiger partial charge in [0.15, 0.2) is 0 Å². The second-order valence-electron chi connectivity index (χ2n) is 4.82. The van der Waals surface area contributed by atoms with Gasteiger partial charge in [0.2, 0.25) is 0 Å².